The topological polar surface area (TPSA) is 81.0 Å². The average molecular weight is 596 g/mol. The third-order valence-electron chi connectivity index (χ3n) is 7.39. The SMILES string of the molecule is CCOC(=O)C1=C(c2ccccc2)N=c2s/c(=C3/C(=O)N(C(C)C)c4ccccc43)c(=O)n2[C@H]1c1ccc(SC)cc1. The number of carbonyl (C=O) groups excluding carboxylic acids is 2. The quantitative estimate of drug-likeness (QED) is 0.237. The van der Waals surface area contributed by atoms with Crippen LogP contribution in [-0.2, 0) is 14.3 Å². The Kier molecular flexibility index (Phi) is 7.47. The second-order valence-electron chi connectivity index (χ2n) is 10.2. The number of nitrogens with zero attached hydrogens (tertiary/aromatic N) is 3. The van der Waals surface area contributed by atoms with Gasteiger partial charge in [-0.05, 0) is 50.8 Å². The lowest BCUT2D eigenvalue weighted by molar-refractivity contribution is -0.138. The molecule has 9 heteroatoms. The first-order valence-corrected chi connectivity index (χ1v) is 15.8. The summed E-state index contributed by atoms with van der Waals surface area (Å²) in [6, 6.07) is 23.9. The molecule has 3 aromatic carbocycles. The second kappa shape index (κ2) is 11.2. The zero-order chi connectivity index (χ0) is 29.5. The molecule has 2 aliphatic heterocycles. The lowest BCUT2D eigenvalue weighted by Gasteiger charge is -2.26. The van der Waals surface area contributed by atoms with Gasteiger partial charge >= 0.3 is 5.97 Å². The summed E-state index contributed by atoms with van der Waals surface area (Å²) in [5.74, 6) is -0.754. The number of benzene rings is 3. The molecule has 1 atom stereocenters. The van der Waals surface area contributed by atoms with Gasteiger partial charge in [0.25, 0.3) is 11.5 Å². The van der Waals surface area contributed by atoms with Gasteiger partial charge in [0, 0.05) is 22.1 Å². The molecular weight excluding hydrogens is 567 g/mol. The number of aromatic nitrogens is 1. The van der Waals surface area contributed by atoms with E-state index in [2.05, 4.69) is 0 Å². The molecule has 1 amide bonds. The molecule has 0 aliphatic carbocycles. The number of thiazole rings is 1. The Morgan fingerprint density at radius 2 is 1.69 bits per heavy atom. The predicted octanol–water partition coefficient (Wildman–Crippen LogP) is 4.78. The largest absolute Gasteiger partial charge is 0.463 e. The van der Waals surface area contributed by atoms with Crippen molar-refractivity contribution in [1.29, 1.82) is 0 Å². The Bertz CT molecular complexity index is 1920. The van der Waals surface area contributed by atoms with Gasteiger partial charge in [0.15, 0.2) is 4.80 Å². The van der Waals surface area contributed by atoms with E-state index in [1.54, 1.807) is 28.2 Å². The molecule has 212 valence electrons. The molecular formula is C33H29N3O4S2. The number of carbonyl (C=O) groups is 2. The third kappa shape index (κ3) is 4.53. The van der Waals surface area contributed by atoms with Gasteiger partial charge in [0.1, 0.15) is 4.53 Å². The van der Waals surface area contributed by atoms with E-state index in [0.29, 0.717) is 20.6 Å². The van der Waals surface area contributed by atoms with Crippen LogP contribution < -0.4 is 19.8 Å². The van der Waals surface area contributed by atoms with Crippen LogP contribution in [0.5, 0.6) is 0 Å². The van der Waals surface area contributed by atoms with Gasteiger partial charge in [-0.1, -0.05) is 72.0 Å². The maximum atomic E-state index is 14.5. The van der Waals surface area contributed by atoms with Crippen LogP contribution >= 0.6 is 23.1 Å². The molecule has 1 aromatic heterocycles. The molecule has 3 heterocycles. The van der Waals surface area contributed by atoms with Crippen molar-refractivity contribution < 1.29 is 14.3 Å². The number of ether oxygens (including phenoxy) is 1. The van der Waals surface area contributed by atoms with Gasteiger partial charge in [-0.25, -0.2) is 9.79 Å². The maximum Gasteiger partial charge on any atom is 0.338 e. The number of hydrogen-bond donors (Lipinski definition) is 0. The minimum atomic E-state index is -0.797. The molecule has 0 N–H and O–H groups in total. The Morgan fingerprint density at radius 3 is 2.36 bits per heavy atom. The van der Waals surface area contributed by atoms with E-state index in [0.717, 1.165) is 27.3 Å². The first-order chi connectivity index (χ1) is 20.3. The summed E-state index contributed by atoms with van der Waals surface area (Å²) in [5.41, 5.74) is 3.71. The van der Waals surface area contributed by atoms with E-state index >= 15 is 0 Å². The predicted molar refractivity (Wildman–Crippen MR) is 167 cm³/mol. The molecule has 0 spiro atoms. The highest BCUT2D eigenvalue weighted by atomic mass is 32.2. The minimum absolute atomic E-state index is 0.0948. The molecule has 0 saturated carbocycles. The lowest BCUT2D eigenvalue weighted by Crippen LogP contribution is -2.41. The van der Waals surface area contributed by atoms with E-state index in [-0.39, 0.29) is 29.7 Å². The summed E-state index contributed by atoms with van der Waals surface area (Å²) < 4.78 is 7.41. The number of esters is 1. The zero-order valence-corrected chi connectivity index (χ0v) is 25.3. The first-order valence-electron chi connectivity index (χ1n) is 13.7. The van der Waals surface area contributed by atoms with E-state index < -0.39 is 12.0 Å². The van der Waals surface area contributed by atoms with Crippen LogP contribution in [0.15, 0.2) is 99.1 Å². The number of rotatable bonds is 6. The number of para-hydroxylation sites is 1. The van der Waals surface area contributed by atoms with E-state index in [9.17, 15) is 14.4 Å². The smallest absolute Gasteiger partial charge is 0.338 e. The van der Waals surface area contributed by atoms with Crippen LogP contribution in [0, 0.1) is 0 Å². The fourth-order valence-electron chi connectivity index (χ4n) is 5.56. The maximum absolute atomic E-state index is 14.5. The number of fused-ring (bicyclic) bond motifs is 2. The van der Waals surface area contributed by atoms with Crippen molar-refractivity contribution in [3.05, 3.63) is 121 Å². The van der Waals surface area contributed by atoms with Crippen molar-refractivity contribution in [3.63, 3.8) is 0 Å². The van der Waals surface area contributed by atoms with E-state index in [1.165, 1.54) is 11.3 Å². The highest BCUT2D eigenvalue weighted by Gasteiger charge is 2.38. The molecule has 0 unspecified atom stereocenters. The van der Waals surface area contributed by atoms with Gasteiger partial charge in [-0.3, -0.25) is 14.2 Å². The van der Waals surface area contributed by atoms with Gasteiger partial charge in [0.05, 0.1) is 35.2 Å². The Morgan fingerprint density at radius 1 is 1.00 bits per heavy atom. The number of amides is 1. The molecule has 0 bridgehead atoms. The van der Waals surface area contributed by atoms with Crippen molar-refractivity contribution in [1.82, 2.24) is 4.57 Å². The zero-order valence-electron chi connectivity index (χ0n) is 23.7. The Balaban J connectivity index is 1.71. The van der Waals surface area contributed by atoms with Crippen LogP contribution in [0.3, 0.4) is 0 Å². The van der Waals surface area contributed by atoms with Crippen LogP contribution in [0.2, 0.25) is 0 Å². The average Bonchev–Trinajstić information content (AvgIpc) is 3.49. The summed E-state index contributed by atoms with van der Waals surface area (Å²) in [4.78, 5) is 50.1. The first kappa shape index (κ1) is 27.9. The monoisotopic (exact) mass is 595 g/mol. The summed E-state index contributed by atoms with van der Waals surface area (Å²) >= 11 is 2.79. The molecule has 7 nitrogen and oxygen atoms in total. The molecule has 0 fully saturated rings. The molecule has 42 heavy (non-hydrogen) atoms. The van der Waals surface area contributed by atoms with E-state index in [1.807, 2.05) is 99.0 Å². The van der Waals surface area contributed by atoms with Gasteiger partial charge in [-0.15, -0.1) is 11.8 Å². The normalized spacial score (nSPS) is 17.3. The van der Waals surface area contributed by atoms with Gasteiger partial charge in [-0.2, -0.15) is 0 Å². The van der Waals surface area contributed by atoms with Crippen LogP contribution in [0.4, 0.5) is 5.69 Å². The Hall–Kier alpha value is -4.21. The van der Waals surface area contributed by atoms with Gasteiger partial charge in [0.2, 0.25) is 0 Å². The van der Waals surface area contributed by atoms with Crippen LogP contribution in [-0.4, -0.2) is 35.3 Å². The summed E-state index contributed by atoms with van der Waals surface area (Å²) in [7, 11) is 0. The summed E-state index contributed by atoms with van der Waals surface area (Å²) in [6.45, 7) is 5.83. The molecule has 0 saturated heterocycles. The van der Waals surface area contributed by atoms with Crippen molar-refractivity contribution in [3.8, 4) is 0 Å². The molecule has 6 rings (SSSR count). The number of thioether (sulfide) groups is 1. The number of hydrogen-bond acceptors (Lipinski definition) is 7. The van der Waals surface area contributed by atoms with Gasteiger partial charge < -0.3 is 9.64 Å². The molecule has 4 aromatic rings. The van der Waals surface area contributed by atoms with E-state index in [4.69, 9.17) is 9.73 Å². The summed E-state index contributed by atoms with van der Waals surface area (Å²) in [6.07, 6.45) is 1.99. The standard InChI is InChI=1S/C33H29N3O4S2/c1-5-40-32(39)26-27(20-11-7-6-8-12-20)34-33-36(28(26)21-15-17-22(41-4)18-16-21)31(38)29(42-33)25-23-13-9-10-14-24(23)35(19(2)3)30(25)37/h6-19,28H,5H2,1-4H3/b29-25+/t28-/m0/s1. The van der Waals surface area contributed by atoms with Crippen LogP contribution in [0.1, 0.15) is 43.5 Å². The third-order valence-corrected chi connectivity index (χ3v) is 9.19. The highest BCUT2D eigenvalue weighted by molar-refractivity contribution is 7.98. The number of anilines is 1. The lowest BCUT2D eigenvalue weighted by atomic mass is 9.93. The minimum Gasteiger partial charge on any atom is -0.463 e. The van der Waals surface area contributed by atoms with Crippen molar-refractivity contribution in [2.24, 2.45) is 4.99 Å². The highest BCUT2D eigenvalue weighted by Crippen LogP contribution is 2.38. The van der Waals surface area contributed by atoms with Crippen molar-refractivity contribution in [2.75, 3.05) is 17.8 Å². The van der Waals surface area contributed by atoms with Crippen molar-refractivity contribution >= 4 is 51.9 Å². The van der Waals surface area contributed by atoms with Crippen molar-refractivity contribution in [2.45, 2.75) is 37.8 Å². The molecule has 2 aliphatic rings. The fraction of sp³-hybridized carbons (Fsp3) is 0.212. The van der Waals surface area contributed by atoms with Crippen LogP contribution in [0.25, 0.3) is 11.3 Å². The summed E-state index contributed by atoms with van der Waals surface area (Å²) in [5, 5.41) is 0. The second-order valence-corrected chi connectivity index (χ2v) is 12.0. The fourth-order valence-corrected chi connectivity index (χ4v) is 7.06. The Labute approximate surface area is 251 Å². The molecule has 0 radical (unpaired) electrons.